The number of benzene rings is 2. The van der Waals surface area contributed by atoms with E-state index in [1.165, 1.54) is 0 Å². The summed E-state index contributed by atoms with van der Waals surface area (Å²) in [6.07, 6.45) is 3.84. The van der Waals surface area contributed by atoms with Crippen LogP contribution in [0.4, 0.5) is 11.4 Å². The quantitative estimate of drug-likeness (QED) is 0.737. The summed E-state index contributed by atoms with van der Waals surface area (Å²) >= 11 is 0. The number of rotatable bonds is 4. The molecule has 1 aliphatic heterocycles. The predicted octanol–water partition coefficient (Wildman–Crippen LogP) is 3.39. The van der Waals surface area contributed by atoms with Crippen molar-refractivity contribution in [3.05, 3.63) is 83.7 Å². The van der Waals surface area contributed by atoms with Crippen molar-refractivity contribution in [3.8, 4) is 0 Å². The first-order valence-electron chi connectivity index (χ1n) is 8.88. The minimum atomic E-state index is -3.66. The van der Waals surface area contributed by atoms with Crippen LogP contribution in [-0.2, 0) is 16.4 Å². The van der Waals surface area contributed by atoms with Gasteiger partial charge in [0, 0.05) is 30.3 Å². The van der Waals surface area contributed by atoms with Gasteiger partial charge in [0.05, 0.1) is 10.5 Å². The molecule has 0 saturated heterocycles. The molecule has 0 fully saturated rings. The number of carbonyl (C=O) groups excluding carboxylic acids is 1. The summed E-state index contributed by atoms with van der Waals surface area (Å²) in [4.78, 5) is 18.6. The minimum Gasteiger partial charge on any atom is -0.308 e. The van der Waals surface area contributed by atoms with E-state index in [0.29, 0.717) is 24.2 Å². The third kappa shape index (κ3) is 3.48. The molecule has 0 aliphatic carbocycles. The van der Waals surface area contributed by atoms with Crippen LogP contribution in [0.15, 0.2) is 71.9 Å². The lowest BCUT2D eigenvalue weighted by atomic mass is 10.1. The van der Waals surface area contributed by atoms with Crippen LogP contribution >= 0.6 is 0 Å². The molecule has 2 aromatic carbocycles. The number of carbonyl (C=O) groups is 1. The van der Waals surface area contributed by atoms with Gasteiger partial charge in [-0.1, -0.05) is 17.7 Å². The Morgan fingerprint density at radius 1 is 1.11 bits per heavy atom. The van der Waals surface area contributed by atoms with E-state index in [0.717, 1.165) is 16.8 Å². The van der Waals surface area contributed by atoms with Crippen molar-refractivity contribution >= 4 is 27.3 Å². The Morgan fingerprint density at radius 3 is 2.61 bits per heavy atom. The van der Waals surface area contributed by atoms with Crippen LogP contribution in [0, 0.1) is 6.92 Å². The van der Waals surface area contributed by atoms with Gasteiger partial charge in [-0.05, 0) is 61.4 Å². The van der Waals surface area contributed by atoms with Gasteiger partial charge in [-0.3, -0.25) is 14.5 Å². The van der Waals surface area contributed by atoms with Crippen molar-refractivity contribution in [2.24, 2.45) is 0 Å². The number of nitrogens with zero attached hydrogens (tertiary/aromatic N) is 2. The van der Waals surface area contributed by atoms with E-state index in [4.69, 9.17) is 0 Å². The summed E-state index contributed by atoms with van der Waals surface area (Å²) in [6, 6.07) is 15.4. The molecule has 7 heteroatoms. The monoisotopic (exact) mass is 393 g/mol. The lowest BCUT2D eigenvalue weighted by molar-refractivity contribution is 0.0989. The summed E-state index contributed by atoms with van der Waals surface area (Å²) in [5.41, 5.74) is 3.73. The molecular weight excluding hydrogens is 374 g/mol. The number of hydrogen-bond acceptors (Lipinski definition) is 4. The third-order valence-electron chi connectivity index (χ3n) is 4.71. The summed E-state index contributed by atoms with van der Waals surface area (Å²) in [5, 5.41) is 0. The fraction of sp³-hybridized carbons (Fsp3) is 0.143. The Morgan fingerprint density at radius 2 is 1.89 bits per heavy atom. The van der Waals surface area contributed by atoms with E-state index in [9.17, 15) is 13.2 Å². The highest BCUT2D eigenvalue weighted by atomic mass is 32.2. The molecule has 1 aliphatic rings. The zero-order valence-corrected chi connectivity index (χ0v) is 16.1. The van der Waals surface area contributed by atoms with E-state index in [-0.39, 0.29) is 10.8 Å². The van der Waals surface area contributed by atoms with Gasteiger partial charge in [-0.2, -0.15) is 0 Å². The van der Waals surface area contributed by atoms with Crippen molar-refractivity contribution in [1.82, 2.24) is 4.98 Å². The van der Waals surface area contributed by atoms with Crippen molar-refractivity contribution in [3.63, 3.8) is 0 Å². The highest BCUT2D eigenvalue weighted by molar-refractivity contribution is 7.92. The Hall–Kier alpha value is -3.19. The second kappa shape index (κ2) is 7.09. The van der Waals surface area contributed by atoms with Crippen molar-refractivity contribution < 1.29 is 13.2 Å². The van der Waals surface area contributed by atoms with Crippen LogP contribution in [0.25, 0.3) is 0 Å². The maximum absolute atomic E-state index is 12.7. The standard InChI is InChI=1S/C21H19N3O3S/c1-15-4-7-19(8-5-15)28(26,27)23-18-6-9-20-16(13-18)10-12-24(20)21(25)17-3-2-11-22-14-17/h2-9,11,13-14,23H,10,12H2,1H3. The molecule has 0 spiro atoms. The number of pyridine rings is 1. The SMILES string of the molecule is Cc1ccc(S(=O)(=O)Nc2ccc3c(c2)CCN3C(=O)c2cccnc2)cc1. The number of hydrogen-bond donors (Lipinski definition) is 1. The van der Waals surface area contributed by atoms with Crippen LogP contribution in [0.1, 0.15) is 21.5 Å². The minimum absolute atomic E-state index is 0.111. The van der Waals surface area contributed by atoms with Crippen molar-refractivity contribution in [2.75, 3.05) is 16.2 Å². The zero-order chi connectivity index (χ0) is 19.7. The highest BCUT2D eigenvalue weighted by Gasteiger charge is 2.26. The van der Waals surface area contributed by atoms with Crippen LogP contribution in [-0.4, -0.2) is 25.9 Å². The highest BCUT2D eigenvalue weighted by Crippen LogP contribution is 2.32. The molecule has 6 nitrogen and oxygen atoms in total. The van der Waals surface area contributed by atoms with Gasteiger partial charge in [0.2, 0.25) is 0 Å². The number of aryl methyl sites for hydroxylation is 1. The normalized spacial score (nSPS) is 13.2. The first-order chi connectivity index (χ1) is 13.4. The molecule has 0 radical (unpaired) electrons. The van der Waals surface area contributed by atoms with E-state index in [2.05, 4.69) is 9.71 Å². The van der Waals surface area contributed by atoms with Gasteiger partial charge in [0.25, 0.3) is 15.9 Å². The number of nitrogens with one attached hydrogen (secondary N) is 1. The maximum atomic E-state index is 12.7. The number of aromatic nitrogens is 1. The lowest BCUT2D eigenvalue weighted by Gasteiger charge is -2.17. The number of fused-ring (bicyclic) bond motifs is 1. The van der Waals surface area contributed by atoms with Crippen LogP contribution in [0.3, 0.4) is 0 Å². The van der Waals surface area contributed by atoms with Gasteiger partial charge in [-0.15, -0.1) is 0 Å². The molecule has 0 saturated carbocycles. The second-order valence-electron chi connectivity index (χ2n) is 6.71. The number of anilines is 2. The molecule has 1 aromatic heterocycles. The Balaban J connectivity index is 1.57. The molecule has 1 amide bonds. The first-order valence-corrected chi connectivity index (χ1v) is 10.4. The zero-order valence-electron chi connectivity index (χ0n) is 15.3. The van der Waals surface area contributed by atoms with Gasteiger partial charge >= 0.3 is 0 Å². The molecule has 0 atom stereocenters. The summed E-state index contributed by atoms with van der Waals surface area (Å²) < 4.78 is 27.8. The fourth-order valence-corrected chi connectivity index (χ4v) is 4.30. The van der Waals surface area contributed by atoms with Crippen LogP contribution < -0.4 is 9.62 Å². The van der Waals surface area contributed by atoms with E-state index >= 15 is 0 Å². The molecule has 0 bridgehead atoms. The summed E-state index contributed by atoms with van der Waals surface area (Å²) in [7, 11) is -3.66. The summed E-state index contributed by atoms with van der Waals surface area (Å²) in [6.45, 7) is 2.46. The molecule has 3 aromatic rings. The molecule has 28 heavy (non-hydrogen) atoms. The van der Waals surface area contributed by atoms with Crippen LogP contribution in [0.5, 0.6) is 0 Å². The van der Waals surface area contributed by atoms with E-state index < -0.39 is 10.0 Å². The molecule has 4 rings (SSSR count). The molecule has 142 valence electrons. The third-order valence-corrected chi connectivity index (χ3v) is 6.11. The molecular formula is C21H19N3O3S. The van der Waals surface area contributed by atoms with Crippen molar-refractivity contribution in [1.29, 1.82) is 0 Å². The number of sulfonamides is 1. The van der Waals surface area contributed by atoms with Crippen LogP contribution in [0.2, 0.25) is 0 Å². The van der Waals surface area contributed by atoms with Gasteiger partial charge < -0.3 is 4.90 Å². The van der Waals surface area contributed by atoms with E-state index in [1.807, 2.05) is 6.92 Å². The van der Waals surface area contributed by atoms with Gasteiger partial charge in [0.15, 0.2) is 0 Å². The van der Waals surface area contributed by atoms with E-state index in [1.54, 1.807) is 71.9 Å². The Bertz CT molecular complexity index is 1130. The predicted molar refractivity (Wildman–Crippen MR) is 108 cm³/mol. The van der Waals surface area contributed by atoms with Crippen molar-refractivity contribution in [2.45, 2.75) is 18.2 Å². The Labute approximate surface area is 163 Å². The fourth-order valence-electron chi connectivity index (χ4n) is 3.25. The molecule has 0 unspecified atom stereocenters. The largest absolute Gasteiger partial charge is 0.308 e. The smallest absolute Gasteiger partial charge is 0.261 e. The number of amides is 1. The first kappa shape index (κ1) is 18.2. The topological polar surface area (TPSA) is 79.4 Å². The lowest BCUT2D eigenvalue weighted by Crippen LogP contribution is -2.28. The maximum Gasteiger partial charge on any atom is 0.261 e. The van der Waals surface area contributed by atoms with Gasteiger partial charge in [0.1, 0.15) is 0 Å². The van der Waals surface area contributed by atoms with Gasteiger partial charge in [-0.25, -0.2) is 8.42 Å². The molecule has 2 heterocycles. The second-order valence-corrected chi connectivity index (χ2v) is 8.39. The average Bonchev–Trinajstić information content (AvgIpc) is 3.11. The summed E-state index contributed by atoms with van der Waals surface area (Å²) in [5.74, 6) is -0.111. The molecule has 1 N–H and O–H groups in total. The average molecular weight is 393 g/mol. The Kier molecular flexibility index (Phi) is 4.60.